The maximum absolute atomic E-state index is 11.4. The summed E-state index contributed by atoms with van der Waals surface area (Å²) >= 11 is 0. The van der Waals surface area contributed by atoms with Crippen molar-refractivity contribution in [1.29, 1.82) is 0 Å². The lowest BCUT2D eigenvalue weighted by molar-refractivity contribution is -0.130. The van der Waals surface area contributed by atoms with E-state index in [1.165, 1.54) is 32.4 Å². The Morgan fingerprint density at radius 1 is 1.09 bits per heavy atom. The van der Waals surface area contributed by atoms with E-state index in [1.54, 1.807) is 6.92 Å². The summed E-state index contributed by atoms with van der Waals surface area (Å²) in [5.41, 5.74) is 0. The number of guanidine groups is 1. The van der Waals surface area contributed by atoms with Gasteiger partial charge in [0.25, 0.3) is 0 Å². The minimum absolute atomic E-state index is 0.178. The van der Waals surface area contributed by atoms with Crippen molar-refractivity contribution in [2.45, 2.75) is 39.2 Å². The van der Waals surface area contributed by atoms with Crippen molar-refractivity contribution < 1.29 is 4.79 Å². The Kier molecular flexibility index (Phi) is 5.41. The summed E-state index contributed by atoms with van der Waals surface area (Å²) in [7, 11) is 0. The lowest BCUT2D eigenvalue weighted by atomic mass is 10.1. The number of nitrogens with one attached hydrogen (secondary N) is 1. The van der Waals surface area contributed by atoms with Crippen LogP contribution in [0.15, 0.2) is 4.99 Å². The van der Waals surface area contributed by atoms with Crippen molar-refractivity contribution in [1.82, 2.24) is 20.0 Å². The molecule has 0 radical (unpaired) electrons. The number of piperazine rings is 1. The quantitative estimate of drug-likeness (QED) is 0.609. The number of amides is 1. The van der Waals surface area contributed by atoms with Crippen molar-refractivity contribution in [2.24, 2.45) is 10.9 Å². The second-order valence-corrected chi connectivity index (χ2v) is 7.07. The molecule has 2 saturated heterocycles. The summed E-state index contributed by atoms with van der Waals surface area (Å²) in [6, 6.07) is 0.886. The van der Waals surface area contributed by atoms with E-state index in [4.69, 9.17) is 4.99 Å². The van der Waals surface area contributed by atoms with Crippen LogP contribution in [0, 0.1) is 5.92 Å². The zero-order valence-electron chi connectivity index (χ0n) is 14.6. The monoisotopic (exact) mass is 321 g/mol. The van der Waals surface area contributed by atoms with Gasteiger partial charge in [0.05, 0.1) is 0 Å². The van der Waals surface area contributed by atoms with Crippen LogP contribution in [-0.4, -0.2) is 85.0 Å². The van der Waals surface area contributed by atoms with Crippen molar-refractivity contribution >= 4 is 11.9 Å². The Labute approximate surface area is 139 Å². The van der Waals surface area contributed by atoms with Gasteiger partial charge in [-0.25, -0.2) is 0 Å². The summed E-state index contributed by atoms with van der Waals surface area (Å²) in [5.74, 6) is 1.92. The molecule has 1 aliphatic carbocycles. The van der Waals surface area contributed by atoms with Gasteiger partial charge in [-0.3, -0.25) is 9.79 Å². The fraction of sp³-hybridized carbons (Fsp3) is 0.882. The third-order valence-corrected chi connectivity index (χ3v) is 5.24. The number of nitrogens with zero attached hydrogens (tertiary/aromatic N) is 4. The van der Waals surface area contributed by atoms with Crippen molar-refractivity contribution in [3.63, 3.8) is 0 Å². The van der Waals surface area contributed by atoms with Crippen LogP contribution in [-0.2, 0) is 4.79 Å². The summed E-state index contributed by atoms with van der Waals surface area (Å²) in [4.78, 5) is 23.2. The van der Waals surface area contributed by atoms with E-state index in [1.807, 2.05) is 4.90 Å². The van der Waals surface area contributed by atoms with Crippen LogP contribution in [0.3, 0.4) is 0 Å². The van der Waals surface area contributed by atoms with E-state index in [9.17, 15) is 4.79 Å². The molecule has 1 saturated carbocycles. The molecule has 0 aromatic carbocycles. The summed E-state index contributed by atoms with van der Waals surface area (Å²) in [6.07, 6.45) is 4.09. The molecule has 0 aromatic rings. The largest absolute Gasteiger partial charge is 0.357 e. The predicted octanol–water partition coefficient (Wildman–Crippen LogP) is 0.600. The van der Waals surface area contributed by atoms with E-state index in [2.05, 4.69) is 22.0 Å². The van der Waals surface area contributed by atoms with E-state index in [0.717, 1.165) is 51.3 Å². The van der Waals surface area contributed by atoms with Gasteiger partial charge in [0.2, 0.25) is 5.91 Å². The van der Waals surface area contributed by atoms with E-state index >= 15 is 0 Å². The first-order valence-electron chi connectivity index (χ1n) is 9.20. The molecule has 0 aromatic heterocycles. The molecule has 3 rings (SSSR count). The molecule has 2 heterocycles. The third kappa shape index (κ3) is 4.37. The molecule has 3 aliphatic rings. The molecule has 6 nitrogen and oxygen atoms in total. The van der Waals surface area contributed by atoms with Crippen molar-refractivity contribution in [3.05, 3.63) is 0 Å². The molecule has 1 amide bonds. The molecular formula is C17H31N5O. The van der Waals surface area contributed by atoms with Crippen LogP contribution in [0.5, 0.6) is 0 Å². The highest BCUT2D eigenvalue weighted by Gasteiger charge is 2.34. The third-order valence-electron chi connectivity index (χ3n) is 5.24. The van der Waals surface area contributed by atoms with E-state index in [-0.39, 0.29) is 5.91 Å². The van der Waals surface area contributed by atoms with Gasteiger partial charge in [-0.05, 0) is 38.6 Å². The lowest BCUT2D eigenvalue weighted by Gasteiger charge is -2.36. The van der Waals surface area contributed by atoms with E-state index in [0.29, 0.717) is 5.92 Å². The topological polar surface area (TPSA) is 51.2 Å². The standard InChI is InChI=1S/C17H31N5O/c1-3-18-17(21-10-8-20(9-11-21)14(2)23)19-12-15-6-7-22(13-15)16-4-5-16/h15-16H,3-13H2,1-2H3,(H,18,19). The number of aliphatic imine (C=N–C) groups is 1. The average molecular weight is 321 g/mol. The Morgan fingerprint density at radius 2 is 1.78 bits per heavy atom. The fourth-order valence-corrected chi connectivity index (χ4v) is 3.66. The maximum atomic E-state index is 11.4. The lowest BCUT2D eigenvalue weighted by Crippen LogP contribution is -2.53. The Balaban J connectivity index is 1.50. The molecular weight excluding hydrogens is 290 g/mol. The highest BCUT2D eigenvalue weighted by molar-refractivity contribution is 5.80. The first kappa shape index (κ1) is 16.6. The van der Waals surface area contributed by atoms with Crippen LogP contribution in [0.2, 0.25) is 0 Å². The minimum atomic E-state index is 0.178. The zero-order valence-corrected chi connectivity index (χ0v) is 14.6. The summed E-state index contributed by atoms with van der Waals surface area (Å²) in [5, 5.41) is 3.43. The van der Waals surface area contributed by atoms with Gasteiger partial charge in [-0.15, -0.1) is 0 Å². The van der Waals surface area contributed by atoms with Crippen molar-refractivity contribution in [2.75, 3.05) is 52.4 Å². The van der Waals surface area contributed by atoms with Gasteiger partial charge in [0.15, 0.2) is 5.96 Å². The van der Waals surface area contributed by atoms with Gasteiger partial charge in [0, 0.05) is 58.8 Å². The highest BCUT2D eigenvalue weighted by Crippen LogP contribution is 2.31. The minimum Gasteiger partial charge on any atom is -0.357 e. The number of rotatable bonds is 4. The van der Waals surface area contributed by atoms with Crippen LogP contribution in [0.25, 0.3) is 0 Å². The average Bonchev–Trinajstić information content (AvgIpc) is 3.30. The first-order valence-corrected chi connectivity index (χ1v) is 9.20. The fourth-order valence-electron chi connectivity index (χ4n) is 3.66. The Bertz CT molecular complexity index is 440. The molecule has 130 valence electrons. The molecule has 2 aliphatic heterocycles. The number of carbonyl (C=O) groups is 1. The predicted molar refractivity (Wildman–Crippen MR) is 92.5 cm³/mol. The maximum Gasteiger partial charge on any atom is 0.219 e. The molecule has 6 heteroatoms. The van der Waals surface area contributed by atoms with Gasteiger partial charge >= 0.3 is 0 Å². The first-order chi connectivity index (χ1) is 11.2. The van der Waals surface area contributed by atoms with Crippen LogP contribution in [0.4, 0.5) is 0 Å². The van der Waals surface area contributed by atoms with E-state index < -0.39 is 0 Å². The molecule has 0 spiro atoms. The highest BCUT2D eigenvalue weighted by atomic mass is 16.2. The Hall–Kier alpha value is -1.30. The summed E-state index contributed by atoms with van der Waals surface area (Å²) in [6.45, 7) is 11.5. The van der Waals surface area contributed by atoms with Crippen molar-refractivity contribution in [3.8, 4) is 0 Å². The number of likely N-dealkylation sites (tertiary alicyclic amines) is 1. The number of hydrogen-bond donors (Lipinski definition) is 1. The normalized spacial score (nSPS) is 26.7. The number of carbonyl (C=O) groups excluding carboxylic acids is 1. The molecule has 1 unspecified atom stereocenters. The van der Waals surface area contributed by atoms with Crippen LogP contribution in [0.1, 0.15) is 33.1 Å². The smallest absolute Gasteiger partial charge is 0.219 e. The van der Waals surface area contributed by atoms with Crippen LogP contribution < -0.4 is 5.32 Å². The SMILES string of the molecule is CCNC(=NCC1CCN(C2CC2)C1)N1CCN(C(C)=O)CC1. The second kappa shape index (κ2) is 7.51. The Morgan fingerprint density at radius 3 is 2.39 bits per heavy atom. The molecule has 0 bridgehead atoms. The van der Waals surface area contributed by atoms with Crippen LogP contribution >= 0.6 is 0 Å². The van der Waals surface area contributed by atoms with Gasteiger partial charge < -0.3 is 20.0 Å². The zero-order chi connectivity index (χ0) is 16.2. The van der Waals surface area contributed by atoms with Gasteiger partial charge in [0.1, 0.15) is 0 Å². The molecule has 1 atom stereocenters. The summed E-state index contributed by atoms with van der Waals surface area (Å²) < 4.78 is 0. The molecule has 1 N–H and O–H groups in total. The number of hydrogen-bond acceptors (Lipinski definition) is 3. The van der Waals surface area contributed by atoms with Gasteiger partial charge in [-0.2, -0.15) is 0 Å². The molecule has 3 fully saturated rings. The van der Waals surface area contributed by atoms with Gasteiger partial charge in [-0.1, -0.05) is 0 Å². The molecule has 23 heavy (non-hydrogen) atoms. The second-order valence-electron chi connectivity index (χ2n) is 7.07.